The van der Waals surface area contributed by atoms with Crippen LogP contribution in [-0.2, 0) is 4.79 Å². The SMILES string of the molecule is CCOc1ccccc1/C=C1\SC(=Nc2ccccc2F)NC1=O. The quantitative estimate of drug-likeness (QED) is 0.851. The van der Waals surface area contributed by atoms with Gasteiger partial charge in [-0.15, -0.1) is 0 Å². The van der Waals surface area contributed by atoms with Gasteiger partial charge in [0.2, 0.25) is 0 Å². The van der Waals surface area contributed by atoms with Crippen molar-refractivity contribution in [2.24, 2.45) is 4.99 Å². The molecule has 1 fully saturated rings. The van der Waals surface area contributed by atoms with E-state index in [0.29, 0.717) is 22.4 Å². The second-order valence-corrected chi connectivity index (χ2v) is 5.93. The van der Waals surface area contributed by atoms with Crippen LogP contribution >= 0.6 is 11.8 Å². The van der Waals surface area contributed by atoms with Crippen LogP contribution in [0.1, 0.15) is 12.5 Å². The highest BCUT2D eigenvalue weighted by atomic mass is 32.2. The van der Waals surface area contributed by atoms with Crippen molar-refractivity contribution in [3.05, 3.63) is 64.8 Å². The average Bonchev–Trinajstić information content (AvgIpc) is 2.91. The van der Waals surface area contributed by atoms with Gasteiger partial charge in [0, 0.05) is 5.56 Å². The molecular formula is C18H15FN2O2S. The largest absolute Gasteiger partial charge is 0.493 e. The third-order valence-electron chi connectivity index (χ3n) is 3.23. The van der Waals surface area contributed by atoms with Crippen molar-refractivity contribution in [1.29, 1.82) is 0 Å². The predicted molar refractivity (Wildman–Crippen MR) is 94.8 cm³/mol. The molecule has 2 aromatic carbocycles. The Morgan fingerprint density at radius 3 is 2.75 bits per heavy atom. The highest BCUT2D eigenvalue weighted by Gasteiger charge is 2.24. The summed E-state index contributed by atoms with van der Waals surface area (Å²) in [5.41, 5.74) is 1.00. The number of nitrogens with one attached hydrogen (secondary N) is 1. The van der Waals surface area contributed by atoms with E-state index in [0.717, 1.165) is 5.56 Å². The Hall–Kier alpha value is -2.60. The van der Waals surface area contributed by atoms with Crippen molar-refractivity contribution >= 4 is 34.6 Å². The lowest BCUT2D eigenvalue weighted by Crippen LogP contribution is -2.19. The van der Waals surface area contributed by atoms with Crippen LogP contribution in [0.25, 0.3) is 6.08 Å². The normalized spacial score (nSPS) is 17.3. The molecule has 1 saturated heterocycles. The van der Waals surface area contributed by atoms with Gasteiger partial charge in [0.05, 0.1) is 11.5 Å². The van der Waals surface area contributed by atoms with Crippen molar-refractivity contribution in [3.63, 3.8) is 0 Å². The van der Waals surface area contributed by atoms with E-state index in [1.807, 2.05) is 31.2 Å². The molecule has 1 aliphatic heterocycles. The van der Waals surface area contributed by atoms with Crippen LogP contribution in [-0.4, -0.2) is 17.7 Å². The van der Waals surface area contributed by atoms with Gasteiger partial charge in [0.25, 0.3) is 5.91 Å². The van der Waals surface area contributed by atoms with Crippen molar-refractivity contribution in [2.75, 3.05) is 6.61 Å². The Morgan fingerprint density at radius 2 is 1.96 bits per heavy atom. The van der Waals surface area contributed by atoms with Crippen molar-refractivity contribution in [2.45, 2.75) is 6.92 Å². The molecule has 0 unspecified atom stereocenters. The van der Waals surface area contributed by atoms with Gasteiger partial charge in [-0.05, 0) is 43.0 Å². The molecule has 0 bridgehead atoms. The van der Waals surface area contributed by atoms with E-state index in [2.05, 4.69) is 10.3 Å². The van der Waals surface area contributed by atoms with Gasteiger partial charge in [-0.25, -0.2) is 9.38 Å². The van der Waals surface area contributed by atoms with E-state index in [9.17, 15) is 9.18 Å². The molecule has 0 aliphatic carbocycles. The molecule has 4 nitrogen and oxygen atoms in total. The summed E-state index contributed by atoms with van der Waals surface area (Å²) in [5, 5.41) is 3.00. The zero-order chi connectivity index (χ0) is 16.9. The summed E-state index contributed by atoms with van der Waals surface area (Å²) in [4.78, 5) is 16.8. The standard InChI is InChI=1S/C18H15FN2O2S/c1-2-23-15-10-6-3-7-12(15)11-16-17(22)21-18(24-16)20-14-9-5-4-8-13(14)19/h3-11H,2H2,1H3,(H,20,21,22)/b16-11-. The van der Waals surface area contributed by atoms with Crippen LogP contribution in [0.4, 0.5) is 10.1 Å². The molecule has 1 heterocycles. The minimum absolute atomic E-state index is 0.191. The summed E-state index contributed by atoms with van der Waals surface area (Å²) >= 11 is 1.17. The minimum atomic E-state index is -0.432. The molecule has 6 heteroatoms. The molecule has 1 N–H and O–H groups in total. The van der Waals surface area contributed by atoms with E-state index < -0.39 is 5.82 Å². The molecular weight excluding hydrogens is 327 g/mol. The van der Waals surface area contributed by atoms with Crippen LogP contribution in [0, 0.1) is 5.82 Å². The summed E-state index contributed by atoms with van der Waals surface area (Å²) in [6.45, 7) is 2.44. The van der Waals surface area contributed by atoms with Gasteiger partial charge in [0.1, 0.15) is 17.3 Å². The second-order valence-electron chi connectivity index (χ2n) is 4.90. The van der Waals surface area contributed by atoms with Crippen molar-refractivity contribution in [3.8, 4) is 5.75 Å². The third kappa shape index (κ3) is 3.65. The van der Waals surface area contributed by atoms with Gasteiger partial charge in [0.15, 0.2) is 5.17 Å². The molecule has 0 atom stereocenters. The summed E-state index contributed by atoms with van der Waals surface area (Å²) in [7, 11) is 0. The number of para-hydroxylation sites is 2. The number of nitrogens with zero attached hydrogens (tertiary/aromatic N) is 1. The number of aliphatic imine (C=N–C) groups is 1. The predicted octanol–water partition coefficient (Wildman–Crippen LogP) is 4.12. The lowest BCUT2D eigenvalue weighted by Gasteiger charge is -2.06. The number of carbonyl (C=O) groups excluding carboxylic acids is 1. The number of thioether (sulfide) groups is 1. The van der Waals surface area contributed by atoms with Crippen LogP contribution in [0.5, 0.6) is 5.75 Å². The smallest absolute Gasteiger partial charge is 0.264 e. The summed E-state index contributed by atoms with van der Waals surface area (Å²) < 4.78 is 19.2. The van der Waals surface area contributed by atoms with E-state index >= 15 is 0 Å². The molecule has 3 rings (SSSR count). The third-order valence-corrected chi connectivity index (χ3v) is 4.14. The average molecular weight is 342 g/mol. The topological polar surface area (TPSA) is 50.7 Å². The van der Waals surface area contributed by atoms with Crippen LogP contribution in [0.15, 0.2) is 58.4 Å². The summed E-state index contributed by atoms with van der Waals surface area (Å²) in [5.74, 6) is 0.0146. The number of amidine groups is 1. The number of hydrogen-bond donors (Lipinski definition) is 1. The molecule has 0 aromatic heterocycles. The van der Waals surface area contributed by atoms with Crippen molar-refractivity contribution in [1.82, 2.24) is 5.32 Å². The number of rotatable bonds is 4. The Balaban J connectivity index is 1.87. The number of amides is 1. The van der Waals surface area contributed by atoms with Crippen molar-refractivity contribution < 1.29 is 13.9 Å². The zero-order valence-corrected chi connectivity index (χ0v) is 13.8. The molecule has 0 saturated carbocycles. The fourth-order valence-corrected chi connectivity index (χ4v) is 2.99. The zero-order valence-electron chi connectivity index (χ0n) is 13.0. The molecule has 122 valence electrons. The maximum atomic E-state index is 13.7. The maximum Gasteiger partial charge on any atom is 0.264 e. The molecule has 0 spiro atoms. The number of hydrogen-bond acceptors (Lipinski definition) is 4. The number of ether oxygens (including phenoxy) is 1. The Kier molecular flexibility index (Phi) is 4.96. The van der Waals surface area contributed by atoms with Gasteiger partial charge in [-0.3, -0.25) is 4.79 Å². The number of carbonyl (C=O) groups is 1. The van der Waals surface area contributed by atoms with E-state index in [1.165, 1.54) is 17.8 Å². The molecule has 0 radical (unpaired) electrons. The Labute approximate surface area is 143 Å². The van der Waals surface area contributed by atoms with E-state index in [4.69, 9.17) is 4.74 Å². The second kappa shape index (κ2) is 7.31. The van der Waals surface area contributed by atoms with E-state index in [1.54, 1.807) is 24.3 Å². The number of halogens is 1. The monoisotopic (exact) mass is 342 g/mol. The minimum Gasteiger partial charge on any atom is -0.493 e. The first kappa shape index (κ1) is 16.3. The first-order valence-corrected chi connectivity index (χ1v) is 8.25. The molecule has 24 heavy (non-hydrogen) atoms. The van der Waals surface area contributed by atoms with Crippen LogP contribution in [0.3, 0.4) is 0 Å². The summed E-state index contributed by atoms with van der Waals surface area (Å²) in [6.07, 6.45) is 1.74. The van der Waals surface area contributed by atoms with Gasteiger partial charge >= 0.3 is 0 Å². The fraction of sp³-hybridized carbons (Fsp3) is 0.111. The van der Waals surface area contributed by atoms with Crippen LogP contribution in [0.2, 0.25) is 0 Å². The molecule has 1 amide bonds. The fourth-order valence-electron chi connectivity index (χ4n) is 2.16. The van der Waals surface area contributed by atoms with E-state index in [-0.39, 0.29) is 11.6 Å². The highest BCUT2D eigenvalue weighted by Crippen LogP contribution is 2.31. The van der Waals surface area contributed by atoms with Gasteiger partial charge in [-0.1, -0.05) is 30.3 Å². The Morgan fingerprint density at radius 1 is 1.21 bits per heavy atom. The lowest BCUT2D eigenvalue weighted by atomic mass is 10.2. The molecule has 1 aliphatic rings. The summed E-state index contributed by atoms with van der Waals surface area (Å²) in [6, 6.07) is 13.6. The maximum absolute atomic E-state index is 13.7. The highest BCUT2D eigenvalue weighted by molar-refractivity contribution is 8.18. The lowest BCUT2D eigenvalue weighted by molar-refractivity contribution is -0.115. The number of benzene rings is 2. The first-order chi connectivity index (χ1) is 11.7. The Bertz CT molecular complexity index is 833. The first-order valence-electron chi connectivity index (χ1n) is 7.43. The van der Waals surface area contributed by atoms with Gasteiger partial charge < -0.3 is 10.1 Å². The van der Waals surface area contributed by atoms with Crippen LogP contribution < -0.4 is 10.1 Å². The molecule has 2 aromatic rings. The van der Waals surface area contributed by atoms with Gasteiger partial charge in [-0.2, -0.15) is 0 Å².